The fourth-order valence-corrected chi connectivity index (χ4v) is 3.68. The molecule has 0 saturated carbocycles. The van der Waals surface area contributed by atoms with E-state index in [0.717, 1.165) is 11.0 Å². The highest BCUT2D eigenvalue weighted by Crippen LogP contribution is 2.29. The minimum absolute atomic E-state index is 0.0292. The minimum atomic E-state index is -0.566. The van der Waals surface area contributed by atoms with Gasteiger partial charge >= 0.3 is 11.7 Å². The van der Waals surface area contributed by atoms with E-state index in [4.69, 9.17) is 9.47 Å². The number of imidazole rings is 1. The Balaban J connectivity index is 1.33. The Labute approximate surface area is 196 Å². The van der Waals surface area contributed by atoms with Gasteiger partial charge in [0.25, 0.3) is 5.91 Å². The van der Waals surface area contributed by atoms with Crippen LogP contribution in [0.25, 0.3) is 11.0 Å². The van der Waals surface area contributed by atoms with Crippen LogP contribution < -0.4 is 15.7 Å². The van der Waals surface area contributed by atoms with Crippen LogP contribution in [0.3, 0.4) is 0 Å². The topological polar surface area (TPSA) is 91.6 Å². The largest absolute Gasteiger partial charge is 0.456 e. The van der Waals surface area contributed by atoms with Crippen molar-refractivity contribution in [1.82, 2.24) is 9.13 Å². The van der Waals surface area contributed by atoms with Gasteiger partial charge in [-0.1, -0.05) is 42.5 Å². The van der Waals surface area contributed by atoms with E-state index in [1.165, 1.54) is 0 Å². The summed E-state index contributed by atoms with van der Waals surface area (Å²) in [5, 5.41) is 2.70. The number of carbonyl (C=O) groups is 2. The molecule has 0 spiro atoms. The maximum absolute atomic E-state index is 12.7. The van der Waals surface area contributed by atoms with Crippen molar-refractivity contribution in [2.45, 2.75) is 26.4 Å². The van der Waals surface area contributed by atoms with Gasteiger partial charge < -0.3 is 14.8 Å². The summed E-state index contributed by atoms with van der Waals surface area (Å²) in [5.41, 5.74) is 1.87. The average molecular weight is 460 g/mol. The maximum atomic E-state index is 12.7. The molecule has 3 aromatic carbocycles. The van der Waals surface area contributed by atoms with Gasteiger partial charge in [0.2, 0.25) is 0 Å². The van der Waals surface area contributed by atoms with Crippen molar-refractivity contribution in [3.05, 3.63) is 89.3 Å². The summed E-state index contributed by atoms with van der Waals surface area (Å²) < 4.78 is 14.2. The van der Waals surface area contributed by atoms with E-state index in [0.29, 0.717) is 23.7 Å². The summed E-state index contributed by atoms with van der Waals surface area (Å²) in [6.45, 7) is 2.16. The number of benzene rings is 3. The highest BCUT2D eigenvalue weighted by molar-refractivity contribution is 5.94. The first kappa shape index (κ1) is 22.8. The molecular weight excluding hydrogens is 434 g/mol. The van der Waals surface area contributed by atoms with E-state index in [1.807, 2.05) is 61.5 Å². The Kier molecular flexibility index (Phi) is 7.07. The molecular formula is C26H25N3O5. The number of nitrogens with zero attached hydrogens (tertiary/aromatic N) is 2. The molecule has 0 saturated heterocycles. The Morgan fingerprint density at radius 1 is 0.853 bits per heavy atom. The SMILES string of the molecule is CCn1c(=O)n(CCC(=O)OCC(=O)Nc2ccccc2Oc2ccccc2)c2ccccc21. The third-order valence-electron chi connectivity index (χ3n) is 5.28. The standard InChI is InChI=1S/C26H25N3O5/c1-2-28-21-13-7-8-14-22(21)29(26(28)32)17-16-25(31)33-18-24(30)27-20-12-6-9-15-23(20)34-19-10-4-3-5-11-19/h3-15H,2,16-18H2,1H3,(H,27,30). The van der Waals surface area contributed by atoms with Gasteiger partial charge in [-0.15, -0.1) is 0 Å². The van der Waals surface area contributed by atoms with Crippen molar-refractivity contribution in [3.8, 4) is 11.5 Å². The second-order valence-electron chi connectivity index (χ2n) is 7.54. The third-order valence-corrected chi connectivity index (χ3v) is 5.28. The molecule has 0 fully saturated rings. The van der Waals surface area contributed by atoms with Crippen LogP contribution >= 0.6 is 0 Å². The van der Waals surface area contributed by atoms with Gasteiger partial charge in [0.1, 0.15) is 5.75 Å². The van der Waals surface area contributed by atoms with Crippen LogP contribution in [0.4, 0.5) is 5.69 Å². The lowest BCUT2D eigenvalue weighted by Crippen LogP contribution is -2.26. The predicted molar refractivity (Wildman–Crippen MR) is 129 cm³/mol. The van der Waals surface area contributed by atoms with Crippen molar-refractivity contribution in [1.29, 1.82) is 0 Å². The molecule has 0 radical (unpaired) electrons. The lowest BCUT2D eigenvalue weighted by molar-refractivity contribution is -0.147. The molecule has 1 amide bonds. The number of carbonyl (C=O) groups excluding carboxylic acids is 2. The third kappa shape index (κ3) is 5.17. The summed E-state index contributed by atoms with van der Waals surface area (Å²) >= 11 is 0. The Morgan fingerprint density at radius 3 is 2.24 bits per heavy atom. The van der Waals surface area contributed by atoms with Crippen LogP contribution in [0.5, 0.6) is 11.5 Å². The van der Waals surface area contributed by atoms with Crippen LogP contribution in [0.2, 0.25) is 0 Å². The molecule has 0 aliphatic rings. The normalized spacial score (nSPS) is 10.7. The lowest BCUT2D eigenvalue weighted by Gasteiger charge is -2.12. The van der Waals surface area contributed by atoms with Gasteiger partial charge in [0.15, 0.2) is 12.4 Å². The number of para-hydroxylation sites is 5. The van der Waals surface area contributed by atoms with Crippen LogP contribution in [-0.4, -0.2) is 27.6 Å². The van der Waals surface area contributed by atoms with Gasteiger partial charge in [-0.2, -0.15) is 0 Å². The number of amides is 1. The quantitative estimate of drug-likeness (QED) is 0.379. The number of esters is 1. The molecule has 34 heavy (non-hydrogen) atoms. The molecule has 174 valence electrons. The molecule has 1 heterocycles. The number of ether oxygens (including phenoxy) is 2. The van der Waals surface area contributed by atoms with E-state index in [-0.39, 0.29) is 18.7 Å². The van der Waals surface area contributed by atoms with E-state index in [9.17, 15) is 14.4 Å². The number of hydrogen-bond acceptors (Lipinski definition) is 5. The smallest absolute Gasteiger partial charge is 0.329 e. The summed E-state index contributed by atoms with van der Waals surface area (Å²) in [6, 6.07) is 23.6. The first-order valence-electron chi connectivity index (χ1n) is 11.0. The highest BCUT2D eigenvalue weighted by Gasteiger charge is 2.15. The second-order valence-corrected chi connectivity index (χ2v) is 7.54. The van der Waals surface area contributed by atoms with E-state index in [1.54, 1.807) is 33.4 Å². The number of aromatic nitrogens is 2. The molecule has 0 bridgehead atoms. The first-order valence-corrected chi connectivity index (χ1v) is 11.0. The Morgan fingerprint density at radius 2 is 1.50 bits per heavy atom. The Bertz CT molecular complexity index is 1360. The van der Waals surface area contributed by atoms with Crippen LogP contribution in [-0.2, 0) is 27.4 Å². The van der Waals surface area contributed by atoms with Gasteiger partial charge in [-0.05, 0) is 43.3 Å². The lowest BCUT2D eigenvalue weighted by atomic mass is 10.3. The Hall–Kier alpha value is -4.33. The van der Waals surface area contributed by atoms with Crippen molar-refractivity contribution in [3.63, 3.8) is 0 Å². The number of nitrogens with one attached hydrogen (secondary N) is 1. The van der Waals surface area contributed by atoms with Gasteiger partial charge in [-0.3, -0.25) is 18.7 Å². The van der Waals surface area contributed by atoms with Crippen LogP contribution in [0.15, 0.2) is 83.7 Å². The zero-order valence-electron chi connectivity index (χ0n) is 18.8. The molecule has 1 aromatic heterocycles. The minimum Gasteiger partial charge on any atom is -0.456 e. The van der Waals surface area contributed by atoms with Gasteiger partial charge in [0, 0.05) is 13.1 Å². The molecule has 0 aliphatic heterocycles. The van der Waals surface area contributed by atoms with E-state index >= 15 is 0 Å². The molecule has 4 aromatic rings. The van der Waals surface area contributed by atoms with Crippen molar-refractivity contribution in [2.75, 3.05) is 11.9 Å². The number of hydrogen-bond donors (Lipinski definition) is 1. The van der Waals surface area contributed by atoms with Crippen molar-refractivity contribution >= 4 is 28.6 Å². The molecule has 1 N–H and O–H groups in total. The number of fused-ring (bicyclic) bond motifs is 1. The van der Waals surface area contributed by atoms with Gasteiger partial charge in [0.05, 0.1) is 23.1 Å². The van der Waals surface area contributed by atoms with Crippen LogP contribution in [0.1, 0.15) is 13.3 Å². The second kappa shape index (κ2) is 10.5. The summed E-state index contributed by atoms with van der Waals surface area (Å²) in [6.07, 6.45) is -0.0292. The van der Waals surface area contributed by atoms with Gasteiger partial charge in [-0.25, -0.2) is 4.79 Å². The summed E-state index contributed by atoms with van der Waals surface area (Å²) in [4.78, 5) is 37.3. The van der Waals surface area contributed by atoms with E-state index < -0.39 is 18.5 Å². The number of anilines is 1. The van der Waals surface area contributed by atoms with Crippen LogP contribution in [0, 0.1) is 0 Å². The monoisotopic (exact) mass is 459 g/mol. The van der Waals surface area contributed by atoms with Crippen molar-refractivity contribution < 1.29 is 19.1 Å². The average Bonchev–Trinajstić information content (AvgIpc) is 3.13. The molecule has 4 rings (SSSR count). The van der Waals surface area contributed by atoms with Crippen molar-refractivity contribution in [2.24, 2.45) is 0 Å². The van der Waals surface area contributed by atoms with E-state index in [2.05, 4.69) is 5.32 Å². The fourth-order valence-electron chi connectivity index (χ4n) is 3.68. The highest BCUT2D eigenvalue weighted by atomic mass is 16.5. The zero-order valence-corrected chi connectivity index (χ0v) is 18.8. The zero-order chi connectivity index (χ0) is 23.9. The molecule has 0 unspecified atom stereocenters. The maximum Gasteiger partial charge on any atom is 0.329 e. The summed E-state index contributed by atoms with van der Waals surface area (Å²) in [5.74, 6) is 0.0526. The first-order chi connectivity index (χ1) is 16.6. The molecule has 0 aliphatic carbocycles. The number of aryl methyl sites for hydroxylation is 2. The summed E-state index contributed by atoms with van der Waals surface area (Å²) in [7, 11) is 0. The molecule has 8 heteroatoms. The molecule has 0 atom stereocenters. The predicted octanol–water partition coefficient (Wildman–Crippen LogP) is 4.19. The number of rotatable bonds is 9. The fraction of sp³-hybridized carbons (Fsp3) is 0.192. The molecule has 8 nitrogen and oxygen atoms in total.